The zero-order chi connectivity index (χ0) is 11.6. The van der Waals surface area contributed by atoms with Crippen molar-refractivity contribution < 1.29 is 4.74 Å². The number of nitrogens with one attached hydrogen (secondary N) is 1. The second kappa shape index (κ2) is 8.59. The largest absolute Gasteiger partial charge is 0.494 e. The van der Waals surface area contributed by atoms with E-state index in [1.807, 2.05) is 24.3 Å². The van der Waals surface area contributed by atoms with E-state index in [4.69, 9.17) is 4.74 Å². The van der Waals surface area contributed by atoms with E-state index in [2.05, 4.69) is 28.2 Å². The molecular formula is C13H20BrNO. The fourth-order valence-electron chi connectivity index (χ4n) is 1.37. The summed E-state index contributed by atoms with van der Waals surface area (Å²) in [5.74, 6) is 0.933. The van der Waals surface area contributed by atoms with Gasteiger partial charge in [0.2, 0.25) is 0 Å². The van der Waals surface area contributed by atoms with Crippen molar-refractivity contribution in [2.45, 2.75) is 26.2 Å². The molecule has 0 aromatic heterocycles. The van der Waals surface area contributed by atoms with Gasteiger partial charge in [-0.05, 0) is 44.1 Å². The Labute approximate surface area is 107 Å². The van der Waals surface area contributed by atoms with Gasteiger partial charge in [-0.1, -0.05) is 35.3 Å². The first-order valence-electron chi connectivity index (χ1n) is 5.92. The van der Waals surface area contributed by atoms with Gasteiger partial charge < -0.3 is 10.1 Å². The van der Waals surface area contributed by atoms with Gasteiger partial charge in [-0.3, -0.25) is 0 Å². The third kappa shape index (κ3) is 6.13. The van der Waals surface area contributed by atoms with Crippen molar-refractivity contribution in [2.75, 3.05) is 19.7 Å². The Morgan fingerprint density at radius 2 is 2.06 bits per heavy atom. The number of hydrogen-bond donors (Lipinski definition) is 1. The van der Waals surface area contributed by atoms with Gasteiger partial charge in [-0.2, -0.15) is 0 Å². The zero-order valence-corrected chi connectivity index (χ0v) is 11.4. The summed E-state index contributed by atoms with van der Waals surface area (Å²) < 4.78 is 6.68. The van der Waals surface area contributed by atoms with Crippen LogP contribution in [0.3, 0.4) is 0 Å². The summed E-state index contributed by atoms with van der Waals surface area (Å²) in [7, 11) is 0. The van der Waals surface area contributed by atoms with Gasteiger partial charge in [0.05, 0.1) is 6.61 Å². The third-order valence-electron chi connectivity index (χ3n) is 2.27. The van der Waals surface area contributed by atoms with Gasteiger partial charge in [0, 0.05) is 4.47 Å². The molecule has 0 aliphatic rings. The summed E-state index contributed by atoms with van der Waals surface area (Å²) in [4.78, 5) is 0. The predicted molar refractivity (Wildman–Crippen MR) is 72.0 cm³/mol. The second-order valence-corrected chi connectivity index (χ2v) is 4.68. The van der Waals surface area contributed by atoms with Crippen molar-refractivity contribution in [3.8, 4) is 5.75 Å². The van der Waals surface area contributed by atoms with Crippen molar-refractivity contribution >= 4 is 15.9 Å². The molecule has 0 saturated carbocycles. The van der Waals surface area contributed by atoms with Crippen molar-refractivity contribution in [1.82, 2.24) is 5.32 Å². The highest BCUT2D eigenvalue weighted by Gasteiger charge is 1.94. The molecule has 2 nitrogen and oxygen atoms in total. The molecule has 90 valence electrons. The van der Waals surface area contributed by atoms with Crippen LogP contribution in [0.15, 0.2) is 28.7 Å². The third-order valence-corrected chi connectivity index (χ3v) is 2.76. The highest BCUT2D eigenvalue weighted by molar-refractivity contribution is 9.10. The van der Waals surface area contributed by atoms with Crippen LogP contribution in [0.5, 0.6) is 5.75 Å². The standard InChI is InChI=1S/C13H20BrNO/c1-2-3-8-15-9-5-10-16-13-7-4-6-12(14)11-13/h4,6-7,11,15H,2-3,5,8-10H2,1H3. The maximum absolute atomic E-state index is 5.62. The molecular weight excluding hydrogens is 266 g/mol. The van der Waals surface area contributed by atoms with Crippen LogP contribution in [0, 0.1) is 0 Å². The Hall–Kier alpha value is -0.540. The smallest absolute Gasteiger partial charge is 0.120 e. The van der Waals surface area contributed by atoms with E-state index in [0.29, 0.717) is 0 Å². The molecule has 3 heteroatoms. The van der Waals surface area contributed by atoms with E-state index >= 15 is 0 Å². The molecule has 0 unspecified atom stereocenters. The van der Waals surface area contributed by atoms with Crippen LogP contribution in [0.25, 0.3) is 0 Å². The molecule has 1 N–H and O–H groups in total. The number of halogens is 1. The van der Waals surface area contributed by atoms with E-state index in [-0.39, 0.29) is 0 Å². The molecule has 0 saturated heterocycles. The van der Waals surface area contributed by atoms with Crippen LogP contribution in [0.2, 0.25) is 0 Å². The van der Waals surface area contributed by atoms with Crippen molar-refractivity contribution in [1.29, 1.82) is 0 Å². The number of hydrogen-bond acceptors (Lipinski definition) is 2. The van der Waals surface area contributed by atoms with Gasteiger partial charge in [-0.25, -0.2) is 0 Å². The molecule has 0 fully saturated rings. The molecule has 0 aliphatic heterocycles. The van der Waals surface area contributed by atoms with E-state index in [0.717, 1.165) is 36.3 Å². The lowest BCUT2D eigenvalue weighted by atomic mass is 10.3. The lowest BCUT2D eigenvalue weighted by Crippen LogP contribution is -2.18. The van der Waals surface area contributed by atoms with E-state index in [1.165, 1.54) is 12.8 Å². The lowest BCUT2D eigenvalue weighted by Gasteiger charge is -2.07. The number of rotatable bonds is 8. The summed E-state index contributed by atoms with van der Waals surface area (Å²) in [6.07, 6.45) is 3.56. The first-order chi connectivity index (χ1) is 7.83. The molecule has 0 atom stereocenters. The van der Waals surface area contributed by atoms with Crippen LogP contribution in [-0.2, 0) is 0 Å². The van der Waals surface area contributed by atoms with Gasteiger partial charge in [0.1, 0.15) is 5.75 Å². The average molecular weight is 286 g/mol. The average Bonchev–Trinajstić information content (AvgIpc) is 2.28. The molecule has 0 radical (unpaired) electrons. The second-order valence-electron chi connectivity index (χ2n) is 3.76. The summed E-state index contributed by atoms with van der Waals surface area (Å²) in [5.41, 5.74) is 0. The molecule has 0 heterocycles. The zero-order valence-electron chi connectivity index (χ0n) is 9.84. The van der Waals surface area contributed by atoms with E-state index < -0.39 is 0 Å². The number of unbranched alkanes of at least 4 members (excludes halogenated alkanes) is 1. The normalized spacial score (nSPS) is 10.4. The van der Waals surface area contributed by atoms with Crippen LogP contribution >= 0.6 is 15.9 Å². The Kier molecular flexibility index (Phi) is 7.26. The van der Waals surface area contributed by atoms with Crippen LogP contribution in [-0.4, -0.2) is 19.7 Å². The first-order valence-corrected chi connectivity index (χ1v) is 6.71. The van der Waals surface area contributed by atoms with E-state index in [9.17, 15) is 0 Å². The monoisotopic (exact) mass is 285 g/mol. The van der Waals surface area contributed by atoms with Crippen molar-refractivity contribution in [3.63, 3.8) is 0 Å². The minimum absolute atomic E-state index is 0.773. The Morgan fingerprint density at radius 3 is 2.81 bits per heavy atom. The number of ether oxygens (including phenoxy) is 1. The molecule has 1 rings (SSSR count). The Morgan fingerprint density at radius 1 is 1.25 bits per heavy atom. The highest BCUT2D eigenvalue weighted by atomic mass is 79.9. The van der Waals surface area contributed by atoms with E-state index in [1.54, 1.807) is 0 Å². The lowest BCUT2D eigenvalue weighted by molar-refractivity contribution is 0.308. The Bertz CT molecular complexity index is 291. The molecule has 1 aromatic rings. The molecule has 0 spiro atoms. The topological polar surface area (TPSA) is 21.3 Å². The van der Waals surface area contributed by atoms with Gasteiger partial charge >= 0.3 is 0 Å². The first kappa shape index (κ1) is 13.5. The van der Waals surface area contributed by atoms with Gasteiger partial charge in [0.15, 0.2) is 0 Å². The molecule has 0 aliphatic carbocycles. The van der Waals surface area contributed by atoms with Crippen molar-refractivity contribution in [3.05, 3.63) is 28.7 Å². The van der Waals surface area contributed by atoms with Crippen LogP contribution in [0.1, 0.15) is 26.2 Å². The minimum atomic E-state index is 0.773. The maximum Gasteiger partial charge on any atom is 0.120 e. The maximum atomic E-state index is 5.62. The SMILES string of the molecule is CCCCNCCCOc1cccc(Br)c1. The minimum Gasteiger partial charge on any atom is -0.494 e. The summed E-state index contributed by atoms with van der Waals surface area (Å²) in [5, 5.41) is 3.39. The number of benzene rings is 1. The predicted octanol–water partition coefficient (Wildman–Crippen LogP) is 3.61. The quantitative estimate of drug-likeness (QED) is 0.737. The summed E-state index contributed by atoms with van der Waals surface area (Å²) >= 11 is 3.42. The van der Waals surface area contributed by atoms with Crippen LogP contribution < -0.4 is 10.1 Å². The fourth-order valence-corrected chi connectivity index (χ4v) is 1.75. The van der Waals surface area contributed by atoms with Gasteiger partial charge in [-0.15, -0.1) is 0 Å². The highest BCUT2D eigenvalue weighted by Crippen LogP contribution is 2.17. The molecule has 1 aromatic carbocycles. The Balaban J connectivity index is 2.03. The van der Waals surface area contributed by atoms with Crippen LogP contribution in [0.4, 0.5) is 0 Å². The molecule has 0 amide bonds. The fraction of sp³-hybridized carbons (Fsp3) is 0.538. The molecule has 0 bridgehead atoms. The summed E-state index contributed by atoms with van der Waals surface area (Å²) in [6, 6.07) is 7.96. The summed E-state index contributed by atoms with van der Waals surface area (Å²) in [6.45, 7) is 5.13. The van der Waals surface area contributed by atoms with Gasteiger partial charge in [0.25, 0.3) is 0 Å². The molecule has 16 heavy (non-hydrogen) atoms. The van der Waals surface area contributed by atoms with Crippen molar-refractivity contribution in [2.24, 2.45) is 0 Å².